The summed E-state index contributed by atoms with van der Waals surface area (Å²) in [6.07, 6.45) is 0. The average molecular weight is 266 g/mol. The predicted octanol–water partition coefficient (Wildman–Crippen LogP) is 1.62. The van der Waals surface area contributed by atoms with Gasteiger partial charge in [0.25, 0.3) is 5.91 Å². The van der Waals surface area contributed by atoms with Gasteiger partial charge in [0.15, 0.2) is 0 Å². The minimum Gasteiger partial charge on any atom is -0.352 e. The van der Waals surface area contributed by atoms with Gasteiger partial charge >= 0.3 is 0 Å². The second kappa shape index (κ2) is 6.44. The van der Waals surface area contributed by atoms with Crippen molar-refractivity contribution in [2.45, 2.75) is 37.8 Å². The Morgan fingerprint density at radius 1 is 1.06 bits per heavy atom. The van der Waals surface area contributed by atoms with Crippen LogP contribution in [-0.2, 0) is 4.79 Å². The first-order valence-corrected chi connectivity index (χ1v) is 6.25. The number of nitrogens with one attached hydrogen (secondary N) is 2. The summed E-state index contributed by atoms with van der Waals surface area (Å²) in [6, 6.07) is 6.30. The molecule has 1 atom stereocenters. The van der Waals surface area contributed by atoms with Crippen LogP contribution in [0.4, 0.5) is 0 Å². The minimum atomic E-state index is -0.560. The Bertz CT molecular complexity index is 429. The van der Waals surface area contributed by atoms with E-state index in [9.17, 15) is 9.59 Å². The Hall–Kier alpha value is -1.49. The summed E-state index contributed by atoms with van der Waals surface area (Å²) in [6.45, 7) is 5.40. The summed E-state index contributed by atoms with van der Waals surface area (Å²) in [5.74, 6) is -0.459. The molecule has 0 spiro atoms. The van der Waals surface area contributed by atoms with Gasteiger partial charge in [0.2, 0.25) is 5.91 Å². The molecule has 0 saturated heterocycles. The quantitative estimate of drug-likeness (QED) is 0.725. The molecule has 5 heteroatoms. The summed E-state index contributed by atoms with van der Waals surface area (Å²) in [7, 11) is 0. The third kappa shape index (κ3) is 4.41. The van der Waals surface area contributed by atoms with Crippen LogP contribution in [-0.4, -0.2) is 23.9 Å². The van der Waals surface area contributed by atoms with E-state index in [0.29, 0.717) is 5.56 Å². The van der Waals surface area contributed by atoms with E-state index >= 15 is 0 Å². The number of carbonyl (C=O) groups excluding carboxylic acids is 2. The molecule has 0 radical (unpaired) electrons. The highest BCUT2D eigenvalue weighted by molar-refractivity contribution is 7.80. The predicted molar refractivity (Wildman–Crippen MR) is 73.9 cm³/mol. The average Bonchev–Trinajstić information content (AvgIpc) is 2.28. The molecule has 0 saturated carbocycles. The standard InChI is InChI=1S/C13H18N2O2S/c1-8(2)14-12(16)9(3)15-13(17)10-4-6-11(18)7-5-10/h4-9,18H,1-3H3,(H,14,16)(H,15,17). The number of thiol groups is 1. The third-order valence-corrected chi connectivity index (χ3v) is 2.60. The molecule has 2 N–H and O–H groups in total. The molecular formula is C13H18N2O2S. The van der Waals surface area contributed by atoms with Gasteiger partial charge in [-0.05, 0) is 45.0 Å². The van der Waals surface area contributed by atoms with Crippen molar-refractivity contribution < 1.29 is 9.59 Å². The van der Waals surface area contributed by atoms with Crippen molar-refractivity contribution in [1.82, 2.24) is 10.6 Å². The van der Waals surface area contributed by atoms with E-state index in [1.54, 1.807) is 31.2 Å². The van der Waals surface area contributed by atoms with Crippen LogP contribution < -0.4 is 10.6 Å². The molecule has 1 aromatic rings. The maximum absolute atomic E-state index is 11.8. The van der Waals surface area contributed by atoms with Crippen LogP contribution in [0.2, 0.25) is 0 Å². The van der Waals surface area contributed by atoms with Gasteiger partial charge in [0.05, 0.1) is 0 Å². The minimum absolute atomic E-state index is 0.0558. The molecule has 98 valence electrons. The number of benzene rings is 1. The molecule has 0 aromatic heterocycles. The Morgan fingerprint density at radius 3 is 2.11 bits per heavy atom. The lowest BCUT2D eigenvalue weighted by Gasteiger charge is -2.16. The number of hydrogen-bond acceptors (Lipinski definition) is 3. The number of rotatable bonds is 4. The van der Waals surface area contributed by atoms with Gasteiger partial charge in [-0.15, -0.1) is 12.6 Å². The molecule has 0 aliphatic heterocycles. The molecule has 4 nitrogen and oxygen atoms in total. The second-order valence-corrected chi connectivity index (χ2v) is 4.92. The third-order valence-electron chi connectivity index (χ3n) is 2.30. The smallest absolute Gasteiger partial charge is 0.251 e. The van der Waals surface area contributed by atoms with E-state index in [2.05, 4.69) is 23.3 Å². The Kier molecular flexibility index (Phi) is 5.22. The molecule has 2 amide bonds. The normalized spacial score (nSPS) is 12.1. The van der Waals surface area contributed by atoms with E-state index < -0.39 is 6.04 Å². The number of amides is 2. The van der Waals surface area contributed by atoms with E-state index in [0.717, 1.165) is 4.90 Å². The van der Waals surface area contributed by atoms with E-state index in [-0.39, 0.29) is 17.9 Å². The first-order valence-electron chi connectivity index (χ1n) is 5.80. The summed E-state index contributed by atoms with van der Waals surface area (Å²) in [4.78, 5) is 24.3. The number of carbonyl (C=O) groups is 2. The summed E-state index contributed by atoms with van der Waals surface area (Å²) >= 11 is 4.14. The zero-order chi connectivity index (χ0) is 13.7. The lowest BCUT2D eigenvalue weighted by Crippen LogP contribution is -2.46. The second-order valence-electron chi connectivity index (χ2n) is 4.41. The maximum Gasteiger partial charge on any atom is 0.251 e. The van der Waals surface area contributed by atoms with Crippen LogP contribution in [0.5, 0.6) is 0 Å². The fourth-order valence-corrected chi connectivity index (χ4v) is 1.52. The van der Waals surface area contributed by atoms with Gasteiger partial charge in [-0.2, -0.15) is 0 Å². The highest BCUT2D eigenvalue weighted by Gasteiger charge is 2.16. The monoisotopic (exact) mass is 266 g/mol. The summed E-state index contributed by atoms with van der Waals surface area (Å²) < 4.78 is 0. The topological polar surface area (TPSA) is 58.2 Å². The largest absolute Gasteiger partial charge is 0.352 e. The molecule has 0 heterocycles. The van der Waals surface area contributed by atoms with Gasteiger partial charge in [-0.25, -0.2) is 0 Å². The lowest BCUT2D eigenvalue weighted by atomic mass is 10.2. The van der Waals surface area contributed by atoms with Crippen molar-refractivity contribution in [2.24, 2.45) is 0 Å². The van der Waals surface area contributed by atoms with Crippen molar-refractivity contribution in [3.8, 4) is 0 Å². The lowest BCUT2D eigenvalue weighted by molar-refractivity contribution is -0.123. The van der Waals surface area contributed by atoms with Gasteiger partial charge in [0, 0.05) is 16.5 Å². The van der Waals surface area contributed by atoms with Crippen LogP contribution in [0.15, 0.2) is 29.2 Å². The molecule has 1 rings (SSSR count). The van der Waals surface area contributed by atoms with Crippen molar-refractivity contribution >= 4 is 24.4 Å². The summed E-state index contributed by atoms with van der Waals surface area (Å²) in [5.41, 5.74) is 0.511. The molecule has 0 aliphatic carbocycles. The van der Waals surface area contributed by atoms with E-state index in [1.807, 2.05) is 13.8 Å². The first-order chi connectivity index (χ1) is 8.40. The van der Waals surface area contributed by atoms with Crippen LogP contribution >= 0.6 is 12.6 Å². The van der Waals surface area contributed by atoms with Gasteiger partial charge in [-0.1, -0.05) is 0 Å². The SMILES string of the molecule is CC(C)NC(=O)C(C)NC(=O)c1ccc(S)cc1. The van der Waals surface area contributed by atoms with Crippen molar-refractivity contribution in [2.75, 3.05) is 0 Å². The van der Waals surface area contributed by atoms with E-state index in [4.69, 9.17) is 0 Å². The van der Waals surface area contributed by atoms with Crippen LogP contribution in [0.1, 0.15) is 31.1 Å². The Labute approximate surface area is 113 Å². The van der Waals surface area contributed by atoms with Gasteiger partial charge in [-0.3, -0.25) is 9.59 Å². The fraction of sp³-hybridized carbons (Fsp3) is 0.385. The van der Waals surface area contributed by atoms with Gasteiger partial charge in [0.1, 0.15) is 6.04 Å². The number of hydrogen-bond donors (Lipinski definition) is 3. The first kappa shape index (κ1) is 14.6. The Morgan fingerprint density at radius 2 is 1.61 bits per heavy atom. The molecule has 0 fully saturated rings. The van der Waals surface area contributed by atoms with Crippen molar-refractivity contribution in [3.63, 3.8) is 0 Å². The van der Waals surface area contributed by atoms with Crippen LogP contribution in [0.3, 0.4) is 0 Å². The Balaban J connectivity index is 2.59. The zero-order valence-electron chi connectivity index (χ0n) is 10.7. The summed E-state index contributed by atoms with van der Waals surface area (Å²) in [5, 5.41) is 5.39. The molecule has 1 unspecified atom stereocenters. The maximum atomic E-state index is 11.8. The zero-order valence-corrected chi connectivity index (χ0v) is 11.6. The van der Waals surface area contributed by atoms with Gasteiger partial charge < -0.3 is 10.6 Å². The fourth-order valence-electron chi connectivity index (χ4n) is 1.37. The van der Waals surface area contributed by atoms with E-state index in [1.165, 1.54) is 0 Å². The molecule has 18 heavy (non-hydrogen) atoms. The highest BCUT2D eigenvalue weighted by Crippen LogP contribution is 2.07. The molecule has 0 bridgehead atoms. The van der Waals surface area contributed by atoms with Crippen LogP contribution in [0, 0.1) is 0 Å². The van der Waals surface area contributed by atoms with Crippen molar-refractivity contribution in [1.29, 1.82) is 0 Å². The highest BCUT2D eigenvalue weighted by atomic mass is 32.1. The van der Waals surface area contributed by atoms with Crippen molar-refractivity contribution in [3.05, 3.63) is 29.8 Å². The van der Waals surface area contributed by atoms with Crippen LogP contribution in [0.25, 0.3) is 0 Å². The molecule has 1 aromatic carbocycles. The molecule has 0 aliphatic rings. The molecular weight excluding hydrogens is 248 g/mol.